The van der Waals surface area contributed by atoms with Gasteiger partial charge in [-0.15, -0.1) is 0 Å². The molecule has 0 spiro atoms. The maximum atomic E-state index is 12.1. The second-order valence-electron chi connectivity index (χ2n) is 5.26. The number of carbonyl (C=O) groups is 1. The van der Waals surface area contributed by atoms with Gasteiger partial charge >= 0.3 is 0 Å². The number of hydrogen-bond acceptors (Lipinski definition) is 4. The Hall–Kier alpha value is -2.65. The van der Waals surface area contributed by atoms with Gasteiger partial charge in [0.25, 0.3) is 5.91 Å². The van der Waals surface area contributed by atoms with Crippen LogP contribution in [0.3, 0.4) is 0 Å². The van der Waals surface area contributed by atoms with Crippen molar-refractivity contribution in [2.45, 2.75) is 24.0 Å². The number of carbonyl (C=O) groups excluding carboxylic acids is 1. The first-order chi connectivity index (χ1) is 10.8. The summed E-state index contributed by atoms with van der Waals surface area (Å²) in [4.78, 5) is 12.4. The fraction of sp³-hybridized carbons (Fsp3) is 0.176. The zero-order chi connectivity index (χ0) is 17.0. The number of sulfone groups is 1. The molecule has 0 saturated carbocycles. The monoisotopic (exact) mass is 328 g/mol. The van der Waals surface area contributed by atoms with Crippen molar-refractivity contribution in [1.82, 2.24) is 0 Å². The highest BCUT2D eigenvalue weighted by Gasteiger charge is 2.18. The molecule has 2 rings (SSSR count). The van der Waals surface area contributed by atoms with Gasteiger partial charge in [-0.2, -0.15) is 5.26 Å². The van der Waals surface area contributed by atoms with Crippen molar-refractivity contribution in [2.24, 2.45) is 0 Å². The third-order valence-corrected chi connectivity index (χ3v) is 5.49. The Kier molecular flexibility index (Phi) is 4.82. The van der Waals surface area contributed by atoms with Crippen LogP contribution in [0.4, 0.5) is 5.69 Å². The minimum atomic E-state index is -3.33. The molecule has 0 bridgehead atoms. The van der Waals surface area contributed by atoms with Crippen molar-refractivity contribution in [1.29, 1.82) is 5.26 Å². The number of benzene rings is 2. The van der Waals surface area contributed by atoms with E-state index in [0.717, 1.165) is 0 Å². The van der Waals surface area contributed by atoms with Crippen LogP contribution in [-0.2, 0) is 9.84 Å². The van der Waals surface area contributed by atoms with Crippen molar-refractivity contribution in [3.05, 3.63) is 59.7 Å². The predicted octanol–water partition coefficient (Wildman–Crippen LogP) is 2.99. The van der Waals surface area contributed by atoms with Gasteiger partial charge in [0.15, 0.2) is 9.84 Å². The third-order valence-electron chi connectivity index (χ3n) is 3.32. The van der Waals surface area contributed by atoms with Gasteiger partial charge < -0.3 is 5.32 Å². The molecule has 0 aliphatic carbocycles. The lowest BCUT2D eigenvalue weighted by Crippen LogP contribution is -2.15. The van der Waals surface area contributed by atoms with Crippen LogP contribution in [0, 0.1) is 11.3 Å². The lowest BCUT2D eigenvalue weighted by Gasteiger charge is -2.09. The fourth-order valence-corrected chi connectivity index (χ4v) is 2.99. The van der Waals surface area contributed by atoms with E-state index in [-0.39, 0.29) is 10.8 Å². The van der Waals surface area contributed by atoms with E-state index in [1.165, 1.54) is 18.2 Å². The number of rotatable bonds is 4. The van der Waals surface area contributed by atoms with Crippen LogP contribution < -0.4 is 5.32 Å². The summed E-state index contributed by atoms with van der Waals surface area (Å²) in [6, 6.07) is 14.3. The standard InChI is InChI=1S/C17H16N2O3S/c1-12(2)23(21,22)16-8-6-15(7-9-16)19-17(20)14-5-3-4-13(10-14)11-18/h3-10,12H,1-2H3,(H,19,20). The van der Waals surface area contributed by atoms with Gasteiger partial charge in [-0.1, -0.05) is 6.07 Å². The number of nitriles is 1. The molecule has 0 radical (unpaired) electrons. The molecule has 118 valence electrons. The molecule has 1 N–H and O–H groups in total. The summed E-state index contributed by atoms with van der Waals surface area (Å²) in [6.07, 6.45) is 0. The molecule has 0 aromatic heterocycles. The number of nitrogens with one attached hydrogen (secondary N) is 1. The zero-order valence-corrected chi connectivity index (χ0v) is 13.6. The first-order valence-corrected chi connectivity index (χ1v) is 8.54. The maximum absolute atomic E-state index is 12.1. The first-order valence-electron chi connectivity index (χ1n) is 7.00. The second kappa shape index (κ2) is 6.63. The lowest BCUT2D eigenvalue weighted by molar-refractivity contribution is 0.102. The molecule has 0 fully saturated rings. The van der Waals surface area contributed by atoms with E-state index in [2.05, 4.69) is 5.32 Å². The molecule has 2 aromatic rings. The van der Waals surface area contributed by atoms with Gasteiger partial charge in [0.2, 0.25) is 0 Å². The summed E-state index contributed by atoms with van der Waals surface area (Å²) in [5.41, 5.74) is 1.25. The van der Waals surface area contributed by atoms with Crippen molar-refractivity contribution in [3.63, 3.8) is 0 Å². The van der Waals surface area contributed by atoms with Gasteiger partial charge in [-0.05, 0) is 56.3 Å². The van der Waals surface area contributed by atoms with Crippen LogP contribution in [0.1, 0.15) is 29.8 Å². The molecule has 0 heterocycles. The normalized spacial score (nSPS) is 11.0. The van der Waals surface area contributed by atoms with Crippen LogP contribution in [0.15, 0.2) is 53.4 Å². The summed E-state index contributed by atoms with van der Waals surface area (Å²) in [6.45, 7) is 3.24. The van der Waals surface area contributed by atoms with Crippen molar-refractivity contribution >= 4 is 21.4 Å². The molecule has 2 aromatic carbocycles. The Morgan fingerprint density at radius 3 is 2.35 bits per heavy atom. The molecule has 0 unspecified atom stereocenters. The van der Waals surface area contributed by atoms with E-state index in [9.17, 15) is 13.2 Å². The summed E-state index contributed by atoms with van der Waals surface area (Å²) in [5, 5.41) is 11.0. The van der Waals surface area contributed by atoms with Crippen LogP contribution in [0.25, 0.3) is 0 Å². The molecule has 0 aliphatic heterocycles. The molecule has 5 nitrogen and oxygen atoms in total. The van der Waals surface area contributed by atoms with E-state index in [4.69, 9.17) is 5.26 Å². The Morgan fingerprint density at radius 2 is 1.78 bits per heavy atom. The maximum Gasteiger partial charge on any atom is 0.255 e. The summed E-state index contributed by atoms with van der Waals surface area (Å²) in [5.74, 6) is -0.360. The topological polar surface area (TPSA) is 87.0 Å². The van der Waals surface area contributed by atoms with Crippen LogP contribution >= 0.6 is 0 Å². The van der Waals surface area contributed by atoms with Crippen molar-refractivity contribution in [2.75, 3.05) is 5.32 Å². The summed E-state index contributed by atoms with van der Waals surface area (Å²) in [7, 11) is -3.33. The van der Waals surface area contributed by atoms with Gasteiger partial charge in [0.1, 0.15) is 0 Å². The van der Waals surface area contributed by atoms with Crippen LogP contribution in [-0.4, -0.2) is 19.6 Å². The average molecular weight is 328 g/mol. The molecule has 0 atom stereocenters. The Labute approximate surface area is 135 Å². The molecule has 23 heavy (non-hydrogen) atoms. The molecule has 0 aliphatic rings. The van der Waals surface area contributed by atoms with E-state index in [1.807, 2.05) is 6.07 Å². The second-order valence-corrected chi connectivity index (χ2v) is 7.77. The highest BCUT2D eigenvalue weighted by molar-refractivity contribution is 7.92. The highest BCUT2D eigenvalue weighted by Crippen LogP contribution is 2.19. The van der Waals surface area contributed by atoms with E-state index in [0.29, 0.717) is 16.8 Å². The fourth-order valence-electron chi connectivity index (χ4n) is 1.93. The Morgan fingerprint density at radius 1 is 1.13 bits per heavy atom. The number of anilines is 1. The SMILES string of the molecule is CC(C)S(=O)(=O)c1ccc(NC(=O)c2cccc(C#N)c2)cc1. The quantitative estimate of drug-likeness (QED) is 0.934. The number of hydrogen-bond donors (Lipinski definition) is 1. The minimum absolute atomic E-state index is 0.219. The van der Waals surface area contributed by atoms with Crippen molar-refractivity contribution < 1.29 is 13.2 Å². The van der Waals surface area contributed by atoms with Crippen molar-refractivity contribution in [3.8, 4) is 6.07 Å². The predicted molar refractivity (Wildman–Crippen MR) is 87.9 cm³/mol. The van der Waals surface area contributed by atoms with E-state index in [1.54, 1.807) is 44.2 Å². The molecule has 0 saturated heterocycles. The molecular weight excluding hydrogens is 312 g/mol. The number of nitrogens with zero attached hydrogens (tertiary/aromatic N) is 1. The van der Waals surface area contributed by atoms with E-state index >= 15 is 0 Å². The zero-order valence-electron chi connectivity index (χ0n) is 12.8. The van der Waals surface area contributed by atoms with Crippen LogP contribution in [0.2, 0.25) is 0 Å². The summed E-state index contributed by atoms with van der Waals surface area (Å²) < 4.78 is 24.1. The molecule has 1 amide bonds. The Balaban J connectivity index is 2.18. The lowest BCUT2D eigenvalue weighted by atomic mass is 10.1. The minimum Gasteiger partial charge on any atom is -0.322 e. The molecular formula is C17H16N2O3S. The summed E-state index contributed by atoms with van der Waals surface area (Å²) >= 11 is 0. The molecule has 6 heteroatoms. The Bertz CT molecular complexity index is 863. The van der Waals surface area contributed by atoms with Gasteiger partial charge in [-0.25, -0.2) is 8.42 Å². The van der Waals surface area contributed by atoms with Gasteiger partial charge in [0, 0.05) is 11.3 Å². The van der Waals surface area contributed by atoms with Gasteiger partial charge in [0.05, 0.1) is 21.8 Å². The first kappa shape index (κ1) is 16.7. The largest absolute Gasteiger partial charge is 0.322 e. The van der Waals surface area contributed by atoms with Crippen LogP contribution in [0.5, 0.6) is 0 Å². The smallest absolute Gasteiger partial charge is 0.255 e. The highest BCUT2D eigenvalue weighted by atomic mass is 32.2. The van der Waals surface area contributed by atoms with E-state index < -0.39 is 15.1 Å². The van der Waals surface area contributed by atoms with Gasteiger partial charge in [-0.3, -0.25) is 4.79 Å². The number of amides is 1. The average Bonchev–Trinajstić information content (AvgIpc) is 2.55. The third kappa shape index (κ3) is 3.76.